The highest BCUT2D eigenvalue weighted by molar-refractivity contribution is 5.81. The average molecular weight is 432 g/mol. The van der Waals surface area contributed by atoms with E-state index in [2.05, 4.69) is 30.5 Å². The summed E-state index contributed by atoms with van der Waals surface area (Å²) in [5, 5.41) is 6.50. The number of aliphatic imine (C=N–C) groups is 1. The molecule has 0 unspecified atom stereocenters. The van der Waals surface area contributed by atoms with Crippen molar-refractivity contribution in [1.82, 2.24) is 25.5 Å². The summed E-state index contributed by atoms with van der Waals surface area (Å²) >= 11 is 0. The molecule has 2 N–H and O–H groups in total. The van der Waals surface area contributed by atoms with E-state index >= 15 is 0 Å². The molecule has 1 amide bonds. The first-order valence-electron chi connectivity index (χ1n) is 11.6. The van der Waals surface area contributed by atoms with Crippen LogP contribution in [0.15, 0.2) is 23.5 Å². The van der Waals surface area contributed by atoms with Crippen LogP contribution in [0.3, 0.4) is 0 Å². The third kappa shape index (κ3) is 7.97. The normalized spacial score (nSPS) is 18.5. The predicted octanol–water partition coefficient (Wildman–Crippen LogP) is 1.42. The number of carbonyl (C=O) groups is 1. The lowest BCUT2D eigenvalue weighted by atomic mass is 10.1. The number of anilines is 1. The standard InChI is InChI=1S/C22H37N7O2/c1-23-21(25-13-18-31-19-7-4-2-3-5-8-19)24-12-9-20(30)28-14-16-29(17-15-28)22-26-10-6-11-27-22/h6,10-11,19H,2-5,7-9,12-18H2,1H3,(H2,23,24,25). The van der Waals surface area contributed by atoms with Crippen LogP contribution in [0.4, 0.5) is 5.95 Å². The first-order valence-corrected chi connectivity index (χ1v) is 11.6. The van der Waals surface area contributed by atoms with Crippen molar-refractivity contribution in [3.8, 4) is 0 Å². The zero-order valence-corrected chi connectivity index (χ0v) is 18.8. The van der Waals surface area contributed by atoms with Crippen molar-refractivity contribution in [2.75, 3.05) is 57.8 Å². The monoisotopic (exact) mass is 431 g/mol. The zero-order valence-electron chi connectivity index (χ0n) is 18.8. The summed E-state index contributed by atoms with van der Waals surface area (Å²) in [4.78, 5) is 29.4. The Morgan fingerprint density at radius 1 is 1.06 bits per heavy atom. The number of nitrogens with zero attached hydrogens (tertiary/aromatic N) is 5. The van der Waals surface area contributed by atoms with Gasteiger partial charge in [-0.3, -0.25) is 9.79 Å². The topological polar surface area (TPSA) is 95.0 Å². The number of hydrogen-bond donors (Lipinski definition) is 2. The summed E-state index contributed by atoms with van der Waals surface area (Å²) in [5.74, 6) is 1.60. The Labute approximate surface area is 185 Å². The minimum atomic E-state index is 0.160. The Morgan fingerprint density at radius 2 is 1.74 bits per heavy atom. The first-order chi connectivity index (χ1) is 15.3. The number of carbonyl (C=O) groups excluding carboxylic acids is 1. The molecule has 0 radical (unpaired) electrons. The fourth-order valence-corrected chi connectivity index (χ4v) is 4.08. The number of rotatable bonds is 8. The smallest absolute Gasteiger partial charge is 0.225 e. The maximum atomic E-state index is 12.5. The van der Waals surface area contributed by atoms with Crippen LogP contribution < -0.4 is 15.5 Å². The second kappa shape index (κ2) is 13.1. The zero-order chi connectivity index (χ0) is 21.7. The van der Waals surface area contributed by atoms with Crippen LogP contribution in [0.25, 0.3) is 0 Å². The molecule has 1 aromatic rings. The maximum absolute atomic E-state index is 12.5. The van der Waals surface area contributed by atoms with E-state index in [1.165, 1.54) is 38.5 Å². The third-order valence-corrected chi connectivity index (χ3v) is 5.87. The molecule has 0 bridgehead atoms. The summed E-state index contributed by atoms with van der Waals surface area (Å²) in [5.41, 5.74) is 0. The molecule has 9 heteroatoms. The van der Waals surface area contributed by atoms with Gasteiger partial charge in [-0.1, -0.05) is 25.7 Å². The Morgan fingerprint density at radius 3 is 2.42 bits per heavy atom. The summed E-state index contributed by atoms with van der Waals surface area (Å²) < 4.78 is 6.00. The molecule has 1 saturated carbocycles. The molecular weight excluding hydrogens is 394 g/mol. The van der Waals surface area contributed by atoms with E-state index < -0.39 is 0 Å². The molecule has 0 atom stereocenters. The number of amides is 1. The van der Waals surface area contributed by atoms with Crippen molar-refractivity contribution >= 4 is 17.8 Å². The lowest BCUT2D eigenvalue weighted by molar-refractivity contribution is -0.131. The van der Waals surface area contributed by atoms with Gasteiger partial charge in [-0.2, -0.15) is 0 Å². The summed E-state index contributed by atoms with van der Waals surface area (Å²) in [7, 11) is 1.74. The van der Waals surface area contributed by atoms with Crippen molar-refractivity contribution in [2.24, 2.45) is 4.99 Å². The quantitative estimate of drug-likeness (QED) is 0.278. The molecule has 0 spiro atoms. The Balaban J connectivity index is 1.27. The number of piperazine rings is 1. The van der Waals surface area contributed by atoms with Gasteiger partial charge in [-0.05, 0) is 18.9 Å². The van der Waals surface area contributed by atoms with Gasteiger partial charge in [0.2, 0.25) is 11.9 Å². The number of guanidine groups is 1. The van der Waals surface area contributed by atoms with Gasteiger partial charge in [0.05, 0.1) is 12.7 Å². The van der Waals surface area contributed by atoms with Gasteiger partial charge in [-0.15, -0.1) is 0 Å². The number of hydrogen-bond acceptors (Lipinski definition) is 6. The van der Waals surface area contributed by atoms with E-state index in [1.54, 1.807) is 19.4 Å². The third-order valence-electron chi connectivity index (χ3n) is 5.87. The highest BCUT2D eigenvalue weighted by Crippen LogP contribution is 2.19. The minimum absolute atomic E-state index is 0.160. The van der Waals surface area contributed by atoms with Crippen molar-refractivity contribution in [2.45, 2.75) is 51.0 Å². The van der Waals surface area contributed by atoms with Gasteiger partial charge in [-0.25, -0.2) is 9.97 Å². The van der Waals surface area contributed by atoms with E-state index in [9.17, 15) is 4.79 Å². The SMILES string of the molecule is CN=C(NCCOC1CCCCCC1)NCCC(=O)N1CCN(c2ncccn2)CC1. The van der Waals surface area contributed by atoms with E-state index in [1.807, 2.05) is 11.0 Å². The fraction of sp³-hybridized carbons (Fsp3) is 0.727. The second-order valence-corrected chi connectivity index (χ2v) is 8.08. The van der Waals surface area contributed by atoms with Crippen molar-refractivity contribution in [3.05, 3.63) is 18.5 Å². The highest BCUT2D eigenvalue weighted by atomic mass is 16.5. The van der Waals surface area contributed by atoms with Crippen molar-refractivity contribution in [3.63, 3.8) is 0 Å². The molecule has 2 fully saturated rings. The highest BCUT2D eigenvalue weighted by Gasteiger charge is 2.22. The van der Waals surface area contributed by atoms with Gasteiger partial charge >= 0.3 is 0 Å². The molecule has 31 heavy (non-hydrogen) atoms. The van der Waals surface area contributed by atoms with Crippen LogP contribution in [0.1, 0.15) is 44.9 Å². The summed E-state index contributed by atoms with van der Waals surface area (Å²) in [6, 6.07) is 1.81. The van der Waals surface area contributed by atoms with Crippen LogP contribution in [0.5, 0.6) is 0 Å². The Kier molecular flexibility index (Phi) is 9.82. The number of ether oxygens (including phenoxy) is 1. The van der Waals surface area contributed by atoms with Gasteiger partial charge in [0, 0.05) is 65.1 Å². The van der Waals surface area contributed by atoms with Gasteiger partial charge in [0.1, 0.15) is 0 Å². The maximum Gasteiger partial charge on any atom is 0.225 e. The predicted molar refractivity (Wildman–Crippen MR) is 122 cm³/mol. The van der Waals surface area contributed by atoms with Crippen molar-refractivity contribution in [1.29, 1.82) is 0 Å². The lowest BCUT2D eigenvalue weighted by Crippen LogP contribution is -2.50. The molecule has 2 aliphatic rings. The van der Waals surface area contributed by atoms with Gasteiger partial charge in [0.15, 0.2) is 5.96 Å². The first kappa shape index (κ1) is 23.2. The van der Waals surface area contributed by atoms with E-state index in [-0.39, 0.29) is 5.91 Å². The van der Waals surface area contributed by atoms with E-state index in [4.69, 9.17) is 4.74 Å². The van der Waals surface area contributed by atoms with Crippen LogP contribution >= 0.6 is 0 Å². The van der Waals surface area contributed by atoms with Crippen LogP contribution in [-0.2, 0) is 9.53 Å². The minimum Gasteiger partial charge on any atom is -0.376 e. The summed E-state index contributed by atoms with van der Waals surface area (Å²) in [6.07, 6.45) is 11.9. The Bertz CT molecular complexity index is 670. The second-order valence-electron chi connectivity index (χ2n) is 8.08. The van der Waals surface area contributed by atoms with Gasteiger partial charge in [0.25, 0.3) is 0 Å². The average Bonchev–Trinajstić information content (AvgIpc) is 3.10. The molecule has 2 heterocycles. The van der Waals surface area contributed by atoms with Crippen LogP contribution in [0, 0.1) is 0 Å². The Hall–Kier alpha value is -2.42. The fourth-order valence-electron chi connectivity index (χ4n) is 4.08. The summed E-state index contributed by atoms with van der Waals surface area (Å²) in [6.45, 7) is 4.86. The lowest BCUT2D eigenvalue weighted by Gasteiger charge is -2.34. The van der Waals surface area contributed by atoms with Crippen molar-refractivity contribution < 1.29 is 9.53 Å². The van der Waals surface area contributed by atoms with E-state index in [0.717, 1.165) is 19.0 Å². The van der Waals surface area contributed by atoms with E-state index in [0.29, 0.717) is 51.3 Å². The number of aromatic nitrogens is 2. The molecule has 1 aliphatic heterocycles. The van der Waals surface area contributed by atoms with Crippen LogP contribution in [-0.4, -0.2) is 85.8 Å². The van der Waals surface area contributed by atoms with Gasteiger partial charge < -0.3 is 25.2 Å². The largest absolute Gasteiger partial charge is 0.376 e. The molecule has 1 saturated heterocycles. The number of nitrogens with one attached hydrogen (secondary N) is 2. The molecule has 1 aliphatic carbocycles. The molecule has 0 aromatic carbocycles. The molecule has 172 valence electrons. The molecule has 9 nitrogen and oxygen atoms in total. The molecule has 1 aromatic heterocycles. The van der Waals surface area contributed by atoms with Crippen LogP contribution in [0.2, 0.25) is 0 Å². The molecular formula is C22H37N7O2. The molecule has 3 rings (SSSR count).